The van der Waals surface area contributed by atoms with Crippen molar-refractivity contribution in [2.24, 2.45) is 33.8 Å². The minimum atomic E-state index is -1.88. The second kappa shape index (κ2) is 18.7. The Labute approximate surface area is 340 Å². The number of pyridine rings is 1. The van der Waals surface area contributed by atoms with Gasteiger partial charge < -0.3 is 49.0 Å². The number of ketones is 1. The number of cyclic esters (lactones) is 1. The molecule has 3 saturated heterocycles. The molecule has 14 atom stereocenters. The average molecular weight is 816 g/mol. The third-order valence-electron chi connectivity index (χ3n) is 12.0. The van der Waals surface area contributed by atoms with Crippen LogP contribution < -0.4 is 5.32 Å². The lowest BCUT2D eigenvalue weighted by atomic mass is 9.73. The summed E-state index contributed by atoms with van der Waals surface area (Å²) in [5, 5.41) is 30.9. The molecule has 4 aliphatic rings. The zero-order valence-electron chi connectivity index (χ0n) is 35.2. The first-order valence-corrected chi connectivity index (χ1v) is 20.2. The van der Waals surface area contributed by atoms with Crippen LogP contribution in [0.15, 0.2) is 34.5 Å². The highest BCUT2D eigenvalue weighted by atomic mass is 16.7. The van der Waals surface area contributed by atoms with Gasteiger partial charge in [0.25, 0.3) is 5.91 Å². The van der Waals surface area contributed by atoms with Crippen molar-refractivity contribution in [3.63, 3.8) is 0 Å². The van der Waals surface area contributed by atoms with Crippen molar-refractivity contribution in [1.29, 1.82) is 0 Å². The van der Waals surface area contributed by atoms with Crippen LogP contribution in [0, 0.1) is 23.7 Å². The molecule has 322 valence electrons. The molecule has 0 radical (unpaired) electrons. The molecule has 3 N–H and O–H groups in total. The van der Waals surface area contributed by atoms with Crippen LogP contribution in [0.25, 0.3) is 0 Å². The number of aliphatic imine (C=N–C) groups is 1. The van der Waals surface area contributed by atoms with Gasteiger partial charge in [-0.05, 0) is 79.1 Å². The van der Waals surface area contributed by atoms with Crippen molar-refractivity contribution >= 4 is 40.8 Å². The van der Waals surface area contributed by atoms with Crippen molar-refractivity contribution < 1.29 is 57.9 Å². The smallest absolute Gasteiger partial charge is 0.316 e. The van der Waals surface area contributed by atoms with Gasteiger partial charge in [-0.25, -0.2) is 9.98 Å². The number of aliphatic hydroxyl groups is 2. The summed E-state index contributed by atoms with van der Waals surface area (Å²) in [6.07, 6.45) is -5.72. The van der Waals surface area contributed by atoms with E-state index in [9.17, 15) is 29.4 Å². The Morgan fingerprint density at radius 1 is 1.07 bits per heavy atom. The fraction of sp³-hybridized carbons (Fsp3) is 0.732. The van der Waals surface area contributed by atoms with Crippen LogP contribution in [0.5, 0.6) is 0 Å². The van der Waals surface area contributed by atoms with Crippen LogP contribution in [-0.2, 0) is 47.7 Å². The lowest BCUT2D eigenvalue weighted by Gasteiger charge is -2.47. The Kier molecular flexibility index (Phi) is 14.6. The molecule has 1 unspecified atom stereocenters. The largest absolute Gasteiger partial charge is 0.459 e. The van der Waals surface area contributed by atoms with Crippen LogP contribution in [-0.4, -0.2) is 143 Å². The molecule has 3 fully saturated rings. The van der Waals surface area contributed by atoms with Crippen molar-refractivity contribution in [3.8, 4) is 0 Å². The molecule has 1 aromatic rings. The lowest BCUT2D eigenvalue weighted by Crippen LogP contribution is -2.60. The summed E-state index contributed by atoms with van der Waals surface area (Å²) in [5.41, 5.74) is -2.89. The number of nitrogens with one attached hydrogen (secondary N) is 1. The van der Waals surface area contributed by atoms with Gasteiger partial charge >= 0.3 is 5.97 Å². The van der Waals surface area contributed by atoms with Crippen molar-refractivity contribution in [3.05, 3.63) is 24.4 Å². The number of likely N-dealkylation sites (N-methyl/N-ethyl adjacent to an activating group) is 1. The number of ether oxygens (including phenoxy) is 5. The molecular formula is C41H61N5O12. The lowest BCUT2D eigenvalue weighted by molar-refractivity contribution is -0.296. The summed E-state index contributed by atoms with van der Waals surface area (Å²) in [7, 11) is 3.70. The van der Waals surface area contributed by atoms with Gasteiger partial charge in [-0.3, -0.25) is 19.2 Å². The molecular weight excluding hydrogens is 754 g/mol. The number of oxime groups is 1. The van der Waals surface area contributed by atoms with Crippen LogP contribution >= 0.6 is 0 Å². The number of carbonyl (C=O) groups excluding carboxylic acids is 4. The summed E-state index contributed by atoms with van der Waals surface area (Å²) in [6.45, 7) is 13.0. The van der Waals surface area contributed by atoms with E-state index in [4.69, 9.17) is 28.5 Å². The van der Waals surface area contributed by atoms with Gasteiger partial charge in [-0.2, -0.15) is 0 Å². The first-order valence-electron chi connectivity index (χ1n) is 20.2. The molecule has 0 saturated carbocycles. The zero-order chi connectivity index (χ0) is 42.7. The number of fused-ring (bicyclic) bond motifs is 4. The van der Waals surface area contributed by atoms with Crippen LogP contribution in [0.4, 0.5) is 5.82 Å². The highest BCUT2D eigenvalue weighted by molar-refractivity contribution is 6.02. The number of esters is 1. The molecule has 0 aromatic carbocycles. The maximum atomic E-state index is 14.4. The molecule has 2 amide bonds. The molecule has 1 aromatic heterocycles. The number of Topliss-reactive ketones (excluding diaryl/α,β-unsaturated/α-hetero) is 1. The number of aliphatic hydroxyl groups excluding tert-OH is 1. The molecule has 4 aliphatic heterocycles. The summed E-state index contributed by atoms with van der Waals surface area (Å²) in [4.78, 5) is 72.1. The van der Waals surface area contributed by atoms with Gasteiger partial charge in [0.2, 0.25) is 12.0 Å². The van der Waals surface area contributed by atoms with Gasteiger partial charge in [0, 0.05) is 29.8 Å². The van der Waals surface area contributed by atoms with Crippen molar-refractivity contribution in [2.75, 3.05) is 32.6 Å². The minimum absolute atomic E-state index is 0.0884. The van der Waals surface area contributed by atoms with Gasteiger partial charge in [-0.15, -0.1) is 0 Å². The quantitative estimate of drug-likeness (QED) is 0.267. The number of rotatable bonds is 7. The van der Waals surface area contributed by atoms with Crippen LogP contribution in [0.1, 0.15) is 81.1 Å². The number of hydrogen-bond donors (Lipinski definition) is 3. The molecule has 0 aliphatic carbocycles. The van der Waals surface area contributed by atoms with E-state index >= 15 is 0 Å². The van der Waals surface area contributed by atoms with Crippen molar-refractivity contribution in [1.82, 2.24) is 9.88 Å². The highest BCUT2D eigenvalue weighted by Crippen LogP contribution is 2.40. The molecule has 17 heteroatoms. The second-order valence-corrected chi connectivity index (χ2v) is 16.9. The first-order chi connectivity index (χ1) is 27.3. The summed E-state index contributed by atoms with van der Waals surface area (Å²) in [5.74, 6) is -6.22. The fourth-order valence-corrected chi connectivity index (χ4v) is 8.73. The number of nitrogens with zero attached hydrogens (tertiary/aromatic N) is 4. The third-order valence-corrected chi connectivity index (χ3v) is 12.0. The van der Waals surface area contributed by atoms with E-state index in [1.807, 2.05) is 32.8 Å². The van der Waals surface area contributed by atoms with Crippen molar-refractivity contribution in [2.45, 2.75) is 141 Å². The molecule has 0 spiro atoms. The maximum Gasteiger partial charge on any atom is 0.316 e. The monoisotopic (exact) mass is 815 g/mol. The highest BCUT2D eigenvalue weighted by Gasteiger charge is 2.53. The number of carbonyl (C=O) groups is 4. The summed E-state index contributed by atoms with van der Waals surface area (Å²) < 4.78 is 32.1. The number of hydrogen-bond acceptors (Lipinski definition) is 15. The molecule has 4 bridgehead atoms. The molecule has 5 rings (SSSR count). The summed E-state index contributed by atoms with van der Waals surface area (Å²) >= 11 is 0. The van der Waals surface area contributed by atoms with Gasteiger partial charge in [0.05, 0.1) is 43.5 Å². The molecule has 58 heavy (non-hydrogen) atoms. The Hall–Kier alpha value is -3.71. The Bertz CT molecular complexity index is 1710. The standard InChI is InChI=1S/C41H61N5O12/c1-11-29-41(8,52)36-23(4)32-21(2)18-40(7,35(24(5)33(48)25(6)38(51)56-29)57-39-34(49)27(46(9)10)16-22(3)55-39)54-20-26(19-53-36)45-58-28(37(50)44-32)17-31(47)43-30-14-12-13-15-42-30/h12-15,21-25,27-29,34-36,39,49,52H,11,16-20H2,1-10H3,(H,42,43,47)/b44-32?,45-26+/t21-,22-,23-,24+,25-,27+,28?,29-,34-,35-,36+,39+,40-,41-/m1/s1. The van der Waals surface area contributed by atoms with E-state index in [0.29, 0.717) is 6.42 Å². The van der Waals surface area contributed by atoms with Gasteiger partial charge in [-0.1, -0.05) is 38.9 Å². The zero-order valence-corrected chi connectivity index (χ0v) is 35.2. The fourth-order valence-electron chi connectivity index (χ4n) is 8.73. The predicted molar refractivity (Wildman–Crippen MR) is 211 cm³/mol. The summed E-state index contributed by atoms with van der Waals surface area (Å²) in [6, 6.07) is 4.67. The third kappa shape index (κ3) is 10.00. The molecule has 5 heterocycles. The second-order valence-electron chi connectivity index (χ2n) is 16.9. The first kappa shape index (κ1) is 45.4. The van der Waals surface area contributed by atoms with E-state index in [1.165, 1.54) is 20.0 Å². The number of amides is 2. The topological polar surface area (TPSA) is 217 Å². The maximum absolute atomic E-state index is 14.4. The Balaban J connectivity index is 1.66. The van der Waals surface area contributed by atoms with Gasteiger partial charge in [0.15, 0.2) is 12.1 Å². The van der Waals surface area contributed by atoms with Gasteiger partial charge in [0.1, 0.15) is 35.3 Å². The van der Waals surface area contributed by atoms with Crippen LogP contribution in [0.3, 0.4) is 0 Å². The predicted octanol–water partition coefficient (Wildman–Crippen LogP) is 2.71. The number of aromatic nitrogens is 1. The van der Waals surface area contributed by atoms with E-state index in [1.54, 1.807) is 45.9 Å². The Morgan fingerprint density at radius 2 is 1.79 bits per heavy atom. The Morgan fingerprint density at radius 3 is 2.45 bits per heavy atom. The molecule has 17 nitrogen and oxygen atoms in total. The normalized spacial score (nSPS) is 40.3. The minimum Gasteiger partial charge on any atom is -0.459 e. The number of anilines is 1. The van der Waals surface area contributed by atoms with E-state index in [-0.39, 0.29) is 55.4 Å². The van der Waals surface area contributed by atoms with Crippen LogP contribution in [0.2, 0.25) is 0 Å². The SMILES string of the molecule is CC[C@H]1OC(=O)[C@H](C)C(=O)[C@H](C)[C@@H](O[C@@H]2O[C@H](C)C[C@H](N(C)C)[C@H]2O)[C@@]2(C)C[C@@H](C)C3=NC(=O)C(CC(=O)Nc4ccccn4)O/N=C(\CO[C@@H]([C@@H]3C)[C@]1(C)O)CO2. The van der Waals surface area contributed by atoms with E-state index < -0.39 is 102 Å². The van der Waals surface area contributed by atoms with E-state index in [0.717, 1.165) is 0 Å². The van der Waals surface area contributed by atoms with E-state index in [2.05, 4.69) is 20.4 Å². The average Bonchev–Trinajstić information content (AvgIpc) is 3.20.